The van der Waals surface area contributed by atoms with Gasteiger partial charge in [0.05, 0.1) is 11.3 Å². The third-order valence-electron chi connectivity index (χ3n) is 4.06. The van der Waals surface area contributed by atoms with Crippen LogP contribution in [-0.4, -0.2) is 6.04 Å². The molecule has 0 bridgehead atoms. The first kappa shape index (κ1) is 12.9. The molecule has 0 heterocycles. The van der Waals surface area contributed by atoms with Gasteiger partial charge in [0, 0.05) is 6.04 Å². The van der Waals surface area contributed by atoms with E-state index in [4.69, 9.17) is 5.26 Å². The summed E-state index contributed by atoms with van der Waals surface area (Å²) in [5.74, 6) is 1.11. The minimum atomic E-state index is -0.359. The van der Waals surface area contributed by atoms with Gasteiger partial charge in [-0.1, -0.05) is 13.8 Å². The van der Waals surface area contributed by atoms with Crippen molar-refractivity contribution in [3.8, 4) is 6.07 Å². The second kappa shape index (κ2) is 5.39. The number of hydrogen-bond donors (Lipinski definition) is 1. The lowest BCUT2D eigenvalue weighted by molar-refractivity contribution is 0.261. The molecule has 1 aromatic carbocycles. The quantitative estimate of drug-likeness (QED) is 0.858. The zero-order valence-electron chi connectivity index (χ0n) is 10.9. The minimum absolute atomic E-state index is 0.359. The van der Waals surface area contributed by atoms with Crippen LogP contribution in [0.25, 0.3) is 0 Å². The summed E-state index contributed by atoms with van der Waals surface area (Å²) in [7, 11) is 0. The van der Waals surface area contributed by atoms with Gasteiger partial charge in [-0.25, -0.2) is 4.39 Å². The van der Waals surface area contributed by atoms with E-state index in [-0.39, 0.29) is 5.82 Å². The van der Waals surface area contributed by atoms with E-state index in [0.717, 1.165) is 24.4 Å². The molecular formula is C15H19FN2. The van der Waals surface area contributed by atoms with Gasteiger partial charge in [0.15, 0.2) is 0 Å². The minimum Gasteiger partial charge on any atom is -0.381 e. The highest BCUT2D eigenvalue weighted by atomic mass is 19.1. The number of rotatable bonds is 2. The Morgan fingerprint density at radius 1 is 1.28 bits per heavy atom. The molecule has 1 fully saturated rings. The Labute approximate surface area is 108 Å². The number of halogens is 1. The number of nitrogens with zero attached hydrogens (tertiary/aromatic N) is 1. The van der Waals surface area contributed by atoms with Crippen molar-refractivity contribution in [2.24, 2.45) is 11.8 Å². The number of benzene rings is 1. The molecule has 1 saturated carbocycles. The van der Waals surface area contributed by atoms with Crippen molar-refractivity contribution in [2.45, 2.75) is 39.2 Å². The molecule has 3 atom stereocenters. The highest BCUT2D eigenvalue weighted by Crippen LogP contribution is 2.31. The maximum atomic E-state index is 13.0. The zero-order valence-corrected chi connectivity index (χ0v) is 10.9. The number of hydrogen-bond acceptors (Lipinski definition) is 2. The van der Waals surface area contributed by atoms with E-state index in [2.05, 4.69) is 19.2 Å². The lowest BCUT2D eigenvalue weighted by Gasteiger charge is -2.33. The molecule has 0 aromatic heterocycles. The Bertz CT molecular complexity index is 464. The fraction of sp³-hybridized carbons (Fsp3) is 0.533. The van der Waals surface area contributed by atoms with Crippen LogP contribution in [0.3, 0.4) is 0 Å². The van der Waals surface area contributed by atoms with Crippen molar-refractivity contribution < 1.29 is 4.39 Å². The van der Waals surface area contributed by atoms with Gasteiger partial charge in [-0.3, -0.25) is 0 Å². The second-order valence-electron chi connectivity index (χ2n) is 5.41. The third-order valence-corrected chi connectivity index (χ3v) is 4.06. The molecule has 3 heteroatoms. The summed E-state index contributed by atoms with van der Waals surface area (Å²) in [6.45, 7) is 4.56. The van der Waals surface area contributed by atoms with Gasteiger partial charge in [-0.05, 0) is 49.3 Å². The van der Waals surface area contributed by atoms with Crippen LogP contribution in [0, 0.1) is 29.0 Å². The lowest BCUT2D eigenvalue weighted by Crippen LogP contribution is -2.30. The normalized spacial score (nSPS) is 27.6. The molecule has 0 radical (unpaired) electrons. The van der Waals surface area contributed by atoms with E-state index in [1.165, 1.54) is 18.6 Å². The number of nitrogens with one attached hydrogen (secondary N) is 1. The summed E-state index contributed by atoms with van der Waals surface area (Å²) in [6.07, 6.45) is 3.44. The number of anilines is 1. The van der Waals surface area contributed by atoms with Crippen molar-refractivity contribution in [3.05, 3.63) is 29.6 Å². The summed E-state index contributed by atoms with van der Waals surface area (Å²) >= 11 is 0. The molecular weight excluding hydrogens is 227 g/mol. The second-order valence-corrected chi connectivity index (χ2v) is 5.41. The predicted octanol–water partition coefficient (Wildman–Crippen LogP) is 3.93. The van der Waals surface area contributed by atoms with Crippen LogP contribution in [-0.2, 0) is 0 Å². The molecule has 1 N–H and O–H groups in total. The van der Waals surface area contributed by atoms with E-state index in [1.54, 1.807) is 6.07 Å². The molecule has 1 aromatic rings. The van der Waals surface area contributed by atoms with Gasteiger partial charge in [0.2, 0.25) is 0 Å². The SMILES string of the molecule is CC1CCC(Nc2ccc(F)cc2C#N)CC1C. The van der Waals surface area contributed by atoms with Gasteiger partial charge in [0.1, 0.15) is 11.9 Å². The topological polar surface area (TPSA) is 35.8 Å². The summed E-state index contributed by atoms with van der Waals surface area (Å²) in [5.41, 5.74) is 1.15. The zero-order chi connectivity index (χ0) is 13.1. The summed E-state index contributed by atoms with van der Waals surface area (Å²) in [4.78, 5) is 0. The molecule has 0 aliphatic heterocycles. The molecule has 0 saturated heterocycles. The first-order valence-electron chi connectivity index (χ1n) is 6.56. The van der Waals surface area contributed by atoms with E-state index in [9.17, 15) is 4.39 Å². The maximum Gasteiger partial charge on any atom is 0.124 e. The lowest BCUT2D eigenvalue weighted by atomic mass is 9.79. The molecule has 0 spiro atoms. The molecule has 1 aliphatic carbocycles. The highest BCUT2D eigenvalue weighted by molar-refractivity contribution is 5.57. The van der Waals surface area contributed by atoms with E-state index < -0.39 is 0 Å². The van der Waals surface area contributed by atoms with Crippen molar-refractivity contribution in [1.29, 1.82) is 5.26 Å². The van der Waals surface area contributed by atoms with E-state index in [1.807, 2.05) is 6.07 Å². The Morgan fingerprint density at radius 2 is 2.06 bits per heavy atom. The van der Waals surface area contributed by atoms with Crippen LogP contribution in [0.2, 0.25) is 0 Å². The van der Waals surface area contributed by atoms with Crippen LogP contribution in [0.5, 0.6) is 0 Å². The van der Waals surface area contributed by atoms with Gasteiger partial charge >= 0.3 is 0 Å². The van der Waals surface area contributed by atoms with Crippen LogP contribution in [0.15, 0.2) is 18.2 Å². The average Bonchev–Trinajstić information content (AvgIpc) is 2.36. The summed E-state index contributed by atoms with van der Waals surface area (Å²) in [6, 6.07) is 6.79. The molecule has 2 nitrogen and oxygen atoms in total. The van der Waals surface area contributed by atoms with Crippen molar-refractivity contribution >= 4 is 5.69 Å². The van der Waals surface area contributed by atoms with Crippen LogP contribution >= 0.6 is 0 Å². The van der Waals surface area contributed by atoms with Crippen molar-refractivity contribution in [3.63, 3.8) is 0 Å². The van der Waals surface area contributed by atoms with Crippen molar-refractivity contribution in [2.75, 3.05) is 5.32 Å². The summed E-state index contributed by atoms with van der Waals surface area (Å²) < 4.78 is 13.0. The average molecular weight is 246 g/mol. The Kier molecular flexibility index (Phi) is 3.86. The van der Waals surface area contributed by atoms with Crippen LogP contribution in [0.1, 0.15) is 38.7 Å². The Balaban J connectivity index is 2.08. The van der Waals surface area contributed by atoms with Gasteiger partial charge in [-0.2, -0.15) is 5.26 Å². The summed E-state index contributed by atoms with van der Waals surface area (Å²) in [5, 5.41) is 12.4. The fourth-order valence-electron chi connectivity index (χ4n) is 2.63. The van der Waals surface area contributed by atoms with Gasteiger partial charge < -0.3 is 5.32 Å². The molecule has 0 amide bonds. The monoisotopic (exact) mass is 246 g/mol. The smallest absolute Gasteiger partial charge is 0.124 e. The highest BCUT2D eigenvalue weighted by Gasteiger charge is 2.24. The molecule has 2 rings (SSSR count). The predicted molar refractivity (Wildman–Crippen MR) is 70.7 cm³/mol. The Morgan fingerprint density at radius 3 is 2.72 bits per heavy atom. The first-order valence-corrected chi connectivity index (χ1v) is 6.56. The van der Waals surface area contributed by atoms with Crippen LogP contribution in [0.4, 0.5) is 10.1 Å². The molecule has 18 heavy (non-hydrogen) atoms. The largest absolute Gasteiger partial charge is 0.381 e. The molecule has 3 unspecified atom stereocenters. The molecule has 96 valence electrons. The van der Waals surface area contributed by atoms with E-state index >= 15 is 0 Å². The molecule has 1 aliphatic rings. The van der Waals surface area contributed by atoms with Crippen molar-refractivity contribution in [1.82, 2.24) is 0 Å². The van der Waals surface area contributed by atoms with Gasteiger partial charge in [0.25, 0.3) is 0 Å². The first-order chi connectivity index (χ1) is 8.60. The van der Waals surface area contributed by atoms with Crippen LogP contribution < -0.4 is 5.32 Å². The third kappa shape index (κ3) is 2.81. The maximum absolute atomic E-state index is 13.0. The fourth-order valence-corrected chi connectivity index (χ4v) is 2.63. The Hall–Kier alpha value is -1.56. The standard InChI is InChI=1S/C15H19FN2/c1-10-3-5-14(7-11(10)2)18-15-6-4-13(16)8-12(15)9-17/h4,6,8,10-11,14,18H,3,5,7H2,1-2H3. The number of nitriles is 1. The van der Waals surface area contributed by atoms with E-state index in [0.29, 0.717) is 17.5 Å². The van der Waals surface area contributed by atoms with Gasteiger partial charge in [-0.15, -0.1) is 0 Å².